The van der Waals surface area contributed by atoms with Crippen molar-refractivity contribution in [1.29, 1.82) is 0 Å². The van der Waals surface area contributed by atoms with E-state index in [9.17, 15) is 22.8 Å². The Morgan fingerprint density at radius 1 is 0.862 bits per heavy atom. The van der Waals surface area contributed by atoms with Gasteiger partial charge >= 0.3 is 0 Å². The molecule has 0 unspecified atom stereocenters. The molecule has 0 bridgehead atoms. The summed E-state index contributed by atoms with van der Waals surface area (Å²) in [5, 5.41) is 5.29. The molecule has 1 aliphatic carbocycles. The van der Waals surface area contributed by atoms with Crippen LogP contribution in [0.2, 0.25) is 0 Å². The van der Waals surface area contributed by atoms with Gasteiger partial charge in [-0.05, 0) is 61.4 Å². The van der Waals surface area contributed by atoms with Crippen molar-refractivity contribution < 1.29 is 22.8 Å². The molecule has 0 heterocycles. The molecule has 4 N–H and O–H groups in total. The van der Waals surface area contributed by atoms with Gasteiger partial charge in [0.05, 0.1) is 4.90 Å². The monoisotopic (exact) mass is 416 g/mol. The second-order valence-corrected chi connectivity index (χ2v) is 8.29. The third-order valence-corrected chi connectivity index (χ3v) is 5.41. The minimum absolute atomic E-state index is 0.0421. The van der Waals surface area contributed by atoms with Crippen LogP contribution in [0.5, 0.6) is 0 Å². The van der Waals surface area contributed by atoms with Crippen molar-refractivity contribution in [2.45, 2.75) is 24.7 Å². The summed E-state index contributed by atoms with van der Waals surface area (Å²) in [7, 11) is -3.99. The normalized spacial score (nSPS) is 13.4. The highest BCUT2D eigenvalue weighted by atomic mass is 32.2. The molecule has 2 aromatic carbocycles. The molecule has 0 atom stereocenters. The number of carbonyl (C=O) groups excluding carboxylic acids is 3. The van der Waals surface area contributed by atoms with Gasteiger partial charge in [0.25, 0.3) is 15.9 Å². The Morgan fingerprint density at radius 3 is 1.97 bits per heavy atom. The lowest BCUT2D eigenvalue weighted by Crippen LogP contribution is -2.41. The number of nitrogens with one attached hydrogen (secondary N) is 4. The van der Waals surface area contributed by atoms with Crippen molar-refractivity contribution in [3.05, 3.63) is 54.1 Å². The zero-order chi connectivity index (χ0) is 21.0. The zero-order valence-electron chi connectivity index (χ0n) is 15.6. The van der Waals surface area contributed by atoms with Crippen LogP contribution in [-0.2, 0) is 19.6 Å². The van der Waals surface area contributed by atoms with Crippen LogP contribution in [-0.4, -0.2) is 26.1 Å². The van der Waals surface area contributed by atoms with Gasteiger partial charge in [-0.2, -0.15) is 0 Å². The number of amides is 3. The van der Waals surface area contributed by atoms with Gasteiger partial charge in [-0.25, -0.2) is 8.42 Å². The average molecular weight is 416 g/mol. The van der Waals surface area contributed by atoms with Crippen molar-refractivity contribution in [3.8, 4) is 0 Å². The third-order valence-electron chi connectivity index (χ3n) is 4.15. The molecule has 0 radical (unpaired) electrons. The van der Waals surface area contributed by atoms with E-state index >= 15 is 0 Å². The Labute approximate surface area is 167 Å². The summed E-state index contributed by atoms with van der Waals surface area (Å²) in [6, 6.07) is 11.6. The highest BCUT2D eigenvalue weighted by Gasteiger charge is 2.29. The molecule has 152 valence electrons. The number of carbonyl (C=O) groups is 3. The molecule has 0 spiro atoms. The molecule has 2 aromatic rings. The minimum Gasteiger partial charge on any atom is -0.326 e. The van der Waals surface area contributed by atoms with Crippen LogP contribution in [0.1, 0.15) is 30.1 Å². The van der Waals surface area contributed by atoms with Crippen LogP contribution in [0.25, 0.3) is 0 Å². The van der Waals surface area contributed by atoms with Crippen LogP contribution in [0.3, 0.4) is 0 Å². The van der Waals surface area contributed by atoms with E-state index in [0.717, 1.165) is 12.8 Å². The van der Waals surface area contributed by atoms with Gasteiger partial charge in [-0.15, -0.1) is 4.83 Å². The summed E-state index contributed by atoms with van der Waals surface area (Å²) in [6.07, 6.45) is 1.78. The highest BCUT2D eigenvalue weighted by Crippen LogP contribution is 2.30. The van der Waals surface area contributed by atoms with Crippen LogP contribution in [0, 0.1) is 5.92 Å². The lowest BCUT2D eigenvalue weighted by atomic mass is 10.2. The first-order chi connectivity index (χ1) is 13.7. The predicted molar refractivity (Wildman–Crippen MR) is 106 cm³/mol. The first-order valence-corrected chi connectivity index (χ1v) is 10.3. The van der Waals surface area contributed by atoms with E-state index < -0.39 is 15.9 Å². The number of sulfonamides is 1. The SMILES string of the molecule is CC(=O)Nc1ccc(S(=O)(=O)NNC(=O)c2ccc(NC(=O)C3CC3)cc2)cc1. The van der Waals surface area contributed by atoms with Gasteiger partial charge in [-0.1, -0.05) is 0 Å². The first kappa shape index (κ1) is 20.5. The number of anilines is 2. The Kier molecular flexibility index (Phi) is 5.95. The van der Waals surface area contributed by atoms with Crippen LogP contribution >= 0.6 is 0 Å². The fourth-order valence-corrected chi connectivity index (χ4v) is 3.30. The topological polar surface area (TPSA) is 133 Å². The second kappa shape index (κ2) is 8.41. The van der Waals surface area contributed by atoms with E-state index in [2.05, 4.69) is 16.1 Å². The summed E-state index contributed by atoms with van der Waals surface area (Å²) in [5.74, 6) is -0.896. The Balaban J connectivity index is 1.57. The molecule has 1 saturated carbocycles. The molecule has 29 heavy (non-hydrogen) atoms. The quantitative estimate of drug-likeness (QED) is 0.509. The fraction of sp³-hybridized carbons (Fsp3) is 0.211. The van der Waals surface area contributed by atoms with Crippen molar-refractivity contribution in [2.75, 3.05) is 10.6 Å². The summed E-state index contributed by atoms with van der Waals surface area (Å²) in [4.78, 5) is 36.8. The minimum atomic E-state index is -3.99. The van der Waals surface area contributed by atoms with Crippen LogP contribution in [0.15, 0.2) is 53.4 Å². The Morgan fingerprint density at radius 2 is 1.41 bits per heavy atom. The lowest BCUT2D eigenvalue weighted by Gasteiger charge is -2.10. The smallest absolute Gasteiger partial charge is 0.266 e. The van der Waals surface area contributed by atoms with Gasteiger partial charge in [0.1, 0.15) is 0 Å². The van der Waals surface area contributed by atoms with E-state index in [1.807, 2.05) is 4.83 Å². The predicted octanol–water partition coefficient (Wildman–Crippen LogP) is 1.62. The van der Waals surface area contributed by atoms with E-state index in [4.69, 9.17) is 0 Å². The molecule has 3 rings (SSSR count). The lowest BCUT2D eigenvalue weighted by molar-refractivity contribution is -0.117. The maximum atomic E-state index is 12.3. The average Bonchev–Trinajstić information content (AvgIpc) is 3.52. The molecular weight excluding hydrogens is 396 g/mol. The molecular formula is C19H20N4O5S. The molecule has 3 amide bonds. The van der Waals surface area contributed by atoms with Crippen molar-refractivity contribution in [1.82, 2.24) is 10.3 Å². The Bertz CT molecular complexity index is 1030. The van der Waals surface area contributed by atoms with Gasteiger partial charge in [0, 0.05) is 29.8 Å². The molecule has 0 aliphatic heterocycles. The number of hydrazine groups is 1. The molecule has 0 aromatic heterocycles. The van der Waals surface area contributed by atoms with Gasteiger partial charge < -0.3 is 10.6 Å². The van der Waals surface area contributed by atoms with Gasteiger partial charge in [0.2, 0.25) is 11.8 Å². The third kappa shape index (κ3) is 5.62. The first-order valence-electron chi connectivity index (χ1n) is 8.85. The molecule has 0 saturated heterocycles. The molecule has 9 nitrogen and oxygen atoms in total. The number of hydrogen-bond acceptors (Lipinski definition) is 5. The van der Waals surface area contributed by atoms with E-state index in [0.29, 0.717) is 11.4 Å². The van der Waals surface area contributed by atoms with E-state index in [-0.39, 0.29) is 28.2 Å². The van der Waals surface area contributed by atoms with Crippen LogP contribution < -0.4 is 20.9 Å². The maximum absolute atomic E-state index is 12.3. The summed E-state index contributed by atoms with van der Waals surface area (Å²) in [5.41, 5.74) is 3.38. The number of hydrogen-bond donors (Lipinski definition) is 4. The van der Waals surface area contributed by atoms with Crippen LogP contribution in [0.4, 0.5) is 11.4 Å². The Hall–Kier alpha value is -3.24. The standard InChI is InChI=1S/C19H20N4O5S/c1-12(24)20-15-8-10-17(11-9-15)29(27,28)23-22-19(26)14-4-6-16(7-5-14)21-18(25)13-2-3-13/h4-11,13,23H,2-3H2,1H3,(H,20,24)(H,21,25)(H,22,26). The molecule has 10 heteroatoms. The molecule has 1 fully saturated rings. The molecule has 1 aliphatic rings. The highest BCUT2D eigenvalue weighted by molar-refractivity contribution is 7.89. The van der Waals surface area contributed by atoms with Crippen molar-refractivity contribution in [2.24, 2.45) is 5.92 Å². The summed E-state index contributed by atoms with van der Waals surface area (Å²) in [6.45, 7) is 1.34. The number of rotatable bonds is 7. The fourth-order valence-electron chi connectivity index (χ4n) is 2.46. The summed E-state index contributed by atoms with van der Waals surface area (Å²) < 4.78 is 24.6. The van der Waals surface area contributed by atoms with E-state index in [1.54, 1.807) is 12.1 Å². The van der Waals surface area contributed by atoms with Crippen molar-refractivity contribution in [3.63, 3.8) is 0 Å². The zero-order valence-corrected chi connectivity index (χ0v) is 16.4. The number of benzene rings is 2. The van der Waals surface area contributed by atoms with E-state index in [1.165, 1.54) is 43.3 Å². The van der Waals surface area contributed by atoms with Crippen molar-refractivity contribution >= 4 is 39.1 Å². The maximum Gasteiger partial charge on any atom is 0.266 e. The van der Waals surface area contributed by atoms with Gasteiger partial charge in [-0.3, -0.25) is 19.8 Å². The largest absolute Gasteiger partial charge is 0.326 e. The second-order valence-electron chi connectivity index (χ2n) is 6.61. The van der Waals surface area contributed by atoms with Gasteiger partial charge in [0.15, 0.2) is 0 Å². The summed E-state index contributed by atoms with van der Waals surface area (Å²) >= 11 is 0.